The Hall–Kier alpha value is -0.650. The molecule has 0 radical (unpaired) electrons. The summed E-state index contributed by atoms with van der Waals surface area (Å²) in [5.41, 5.74) is 0. The van der Waals surface area contributed by atoms with Crippen LogP contribution in [0, 0.1) is 0 Å². The van der Waals surface area contributed by atoms with E-state index in [1.807, 2.05) is 11.8 Å². The molecule has 1 N–H and O–H groups in total. The molecule has 1 aliphatic rings. The molecule has 1 rings (SSSR count). The summed E-state index contributed by atoms with van der Waals surface area (Å²) in [4.78, 5) is 14.1. The van der Waals surface area contributed by atoms with Crippen LogP contribution in [0.25, 0.3) is 0 Å². The van der Waals surface area contributed by atoms with Crippen LogP contribution in [0.4, 0.5) is 0 Å². The lowest BCUT2D eigenvalue weighted by atomic mass is 10.1. The molecule has 1 aliphatic heterocycles. The third-order valence-electron chi connectivity index (χ3n) is 3.18. The third kappa shape index (κ3) is 4.92. The number of ether oxygens (including phenoxy) is 2. The number of carbonyl (C=O) groups is 1. The highest BCUT2D eigenvalue weighted by molar-refractivity contribution is 5.81. The second-order valence-corrected chi connectivity index (χ2v) is 4.77. The lowest BCUT2D eigenvalue weighted by Crippen LogP contribution is -2.52. The van der Waals surface area contributed by atoms with Crippen LogP contribution in [-0.2, 0) is 14.3 Å². The van der Waals surface area contributed by atoms with E-state index in [1.165, 1.54) is 0 Å². The van der Waals surface area contributed by atoms with Gasteiger partial charge in [-0.05, 0) is 13.3 Å². The van der Waals surface area contributed by atoms with E-state index in [2.05, 4.69) is 12.2 Å². The fourth-order valence-electron chi connectivity index (χ4n) is 2.25. The van der Waals surface area contributed by atoms with Gasteiger partial charge in [0, 0.05) is 26.2 Å². The van der Waals surface area contributed by atoms with Gasteiger partial charge in [0.2, 0.25) is 5.91 Å². The number of hydrogen-bond donors (Lipinski definition) is 1. The highest BCUT2D eigenvalue weighted by atomic mass is 16.5. The fourth-order valence-corrected chi connectivity index (χ4v) is 2.25. The van der Waals surface area contributed by atoms with E-state index in [9.17, 15) is 4.79 Å². The molecule has 0 bridgehead atoms. The first-order chi connectivity index (χ1) is 8.69. The first kappa shape index (κ1) is 15.4. The standard InChI is InChI=1S/C13H26N2O3/c1-4-5-12(10-17-3)14-11(2)13(16)15-6-8-18-9-7-15/h11-12,14H,4-10H2,1-3H3. The maximum atomic E-state index is 12.2. The fraction of sp³-hybridized carbons (Fsp3) is 0.923. The first-order valence-corrected chi connectivity index (χ1v) is 6.80. The molecule has 5 nitrogen and oxygen atoms in total. The zero-order valence-corrected chi connectivity index (χ0v) is 11.8. The molecule has 106 valence electrons. The van der Waals surface area contributed by atoms with Crippen molar-refractivity contribution < 1.29 is 14.3 Å². The number of methoxy groups -OCH3 is 1. The van der Waals surface area contributed by atoms with E-state index in [-0.39, 0.29) is 18.0 Å². The highest BCUT2D eigenvalue weighted by Crippen LogP contribution is 2.04. The molecule has 0 saturated carbocycles. The van der Waals surface area contributed by atoms with Crippen LogP contribution in [0.5, 0.6) is 0 Å². The monoisotopic (exact) mass is 258 g/mol. The Balaban J connectivity index is 2.40. The summed E-state index contributed by atoms with van der Waals surface area (Å²) < 4.78 is 10.4. The molecule has 1 heterocycles. The average Bonchev–Trinajstić information content (AvgIpc) is 2.39. The molecule has 0 spiro atoms. The molecule has 1 fully saturated rings. The largest absolute Gasteiger partial charge is 0.383 e. The minimum Gasteiger partial charge on any atom is -0.383 e. The molecule has 2 unspecified atom stereocenters. The van der Waals surface area contributed by atoms with Gasteiger partial charge in [-0.2, -0.15) is 0 Å². The Kier molecular flexibility index (Phi) is 7.23. The third-order valence-corrected chi connectivity index (χ3v) is 3.18. The van der Waals surface area contributed by atoms with Gasteiger partial charge in [0.1, 0.15) is 0 Å². The van der Waals surface area contributed by atoms with E-state index in [0.29, 0.717) is 32.9 Å². The van der Waals surface area contributed by atoms with Crippen molar-refractivity contribution in [3.63, 3.8) is 0 Å². The summed E-state index contributed by atoms with van der Waals surface area (Å²) in [5.74, 6) is 0.163. The summed E-state index contributed by atoms with van der Waals surface area (Å²) >= 11 is 0. The van der Waals surface area contributed by atoms with Crippen molar-refractivity contribution in [1.29, 1.82) is 0 Å². The maximum absolute atomic E-state index is 12.2. The zero-order chi connectivity index (χ0) is 13.4. The van der Waals surface area contributed by atoms with Crippen LogP contribution < -0.4 is 5.32 Å². The van der Waals surface area contributed by atoms with Gasteiger partial charge in [-0.3, -0.25) is 4.79 Å². The second-order valence-electron chi connectivity index (χ2n) is 4.77. The van der Waals surface area contributed by atoms with Gasteiger partial charge in [0.15, 0.2) is 0 Å². The lowest BCUT2D eigenvalue weighted by Gasteiger charge is -2.31. The van der Waals surface area contributed by atoms with Gasteiger partial charge >= 0.3 is 0 Å². The van der Waals surface area contributed by atoms with Crippen molar-refractivity contribution in [2.45, 2.75) is 38.8 Å². The zero-order valence-electron chi connectivity index (χ0n) is 11.8. The molecular weight excluding hydrogens is 232 g/mol. The predicted octanol–water partition coefficient (Wildman–Crippen LogP) is 0.638. The number of nitrogens with one attached hydrogen (secondary N) is 1. The molecule has 18 heavy (non-hydrogen) atoms. The summed E-state index contributed by atoms with van der Waals surface area (Å²) in [6.07, 6.45) is 2.11. The van der Waals surface area contributed by atoms with Crippen LogP contribution in [0.15, 0.2) is 0 Å². The summed E-state index contributed by atoms with van der Waals surface area (Å²) in [6.45, 7) is 7.41. The van der Waals surface area contributed by atoms with E-state index in [1.54, 1.807) is 7.11 Å². The van der Waals surface area contributed by atoms with Crippen molar-refractivity contribution in [1.82, 2.24) is 10.2 Å². The highest BCUT2D eigenvalue weighted by Gasteiger charge is 2.24. The van der Waals surface area contributed by atoms with Gasteiger partial charge in [-0.15, -0.1) is 0 Å². The molecule has 2 atom stereocenters. The van der Waals surface area contributed by atoms with Gasteiger partial charge in [0.25, 0.3) is 0 Å². The summed E-state index contributed by atoms with van der Waals surface area (Å²) in [7, 11) is 1.69. The number of hydrogen-bond acceptors (Lipinski definition) is 4. The molecule has 1 saturated heterocycles. The number of amides is 1. The summed E-state index contributed by atoms with van der Waals surface area (Å²) in [5, 5.41) is 3.36. The van der Waals surface area contributed by atoms with Crippen molar-refractivity contribution in [2.75, 3.05) is 40.0 Å². The SMILES string of the molecule is CCCC(COC)NC(C)C(=O)N1CCOCC1. The molecule has 0 aromatic carbocycles. The van der Waals surface area contributed by atoms with Crippen LogP contribution in [0.2, 0.25) is 0 Å². The number of rotatable bonds is 7. The molecular formula is C13H26N2O3. The number of morpholine rings is 1. The van der Waals surface area contributed by atoms with Gasteiger partial charge < -0.3 is 19.7 Å². The van der Waals surface area contributed by atoms with Crippen LogP contribution >= 0.6 is 0 Å². The Morgan fingerprint density at radius 3 is 2.67 bits per heavy atom. The normalized spacial score (nSPS) is 19.6. The Morgan fingerprint density at radius 2 is 2.11 bits per heavy atom. The van der Waals surface area contributed by atoms with Crippen LogP contribution in [0.3, 0.4) is 0 Å². The van der Waals surface area contributed by atoms with E-state index in [4.69, 9.17) is 9.47 Å². The van der Waals surface area contributed by atoms with Crippen molar-refractivity contribution in [3.8, 4) is 0 Å². The van der Waals surface area contributed by atoms with E-state index >= 15 is 0 Å². The number of nitrogens with zero attached hydrogens (tertiary/aromatic N) is 1. The quantitative estimate of drug-likeness (QED) is 0.728. The van der Waals surface area contributed by atoms with Crippen molar-refractivity contribution in [2.24, 2.45) is 0 Å². The van der Waals surface area contributed by atoms with E-state index in [0.717, 1.165) is 12.8 Å². The molecule has 0 aromatic rings. The van der Waals surface area contributed by atoms with Crippen molar-refractivity contribution >= 4 is 5.91 Å². The molecule has 1 amide bonds. The van der Waals surface area contributed by atoms with Crippen molar-refractivity contribution in [3.05, 3.63) is 0 Å². The Morgan fingerprint density at radius 1 is 1.44 bits per heavy atom. The predicted molar refractivity (Wildman–Crippen MR) is 70.6 cm³/mol. The molecule has 0 aromatic heterocycles. The van der Waals surface area contributed by atoms with Gasteiger partial charge in [-0.25, -0.2) is 0 Å². The average molecular weight is 258 g/mol. The molecule has 5 heteroatoms. The van der Waals surface area contributed by atoms with Gasteiger partial charge in [-0.1, -0.05) is 13.3 Å². The first-order valence-electron chi connectivity index (χ1n) is 6.80. The summed E-state index contributed by atoms with van der Waals surface area (Å²) in [6, 6.07) is 0.0924. The lowest BCUT2D eigenvalue weighted by molar-refractivity contribution is -0.137. The second kappa shape index (κ2) is 8.45. The Bertz CT molecular complexity index is 236. The minimum absolute atomic E-state index is 0.158. The van der Waals surface area contributed by atoms with Crippen LogP contribution in [-0.4, -0.2) is 62.9 Å². The smallest absolute Gasteiger partial charge is 0.239 e. The minimum atomic E-state index is -0.158. The molecule has 0 aliphatic carbocycles. The Labute approximate surface area is 110 Å². The number of carbonyl (C=O) groups excluding carboxylic acids is 1. The maximum Gasteiger partial charge on any atom is 0.239 e. The topological polar surface area (TPSA) is 50.8 Å². The van der Waals surface area contributed by atoms with Crippen LogP contribution in [0.1, 0.15) is 26.7 Å². The van der Waals surface area contributed by atoms with E-state index < -0.39 is 0 Å². The van der Waals surface area contributed by atoms with Gasteiger partial charge in [0.05, 0.1) is 25.9 Å².